The summed E-state index contributed by atoms with van der Waals surface area (Å²) in [5.41, 5.74) is 3.87. The summed E-state index contributed by atoms with van der Waals surface area (Å²) in [6, 6.07) is 18.0. The molecule has 4 aromatic rings. The van der Waals surface area contributed by atoms with Gasteiger partial charge < -0.3 is 10.1 Å². The third kappa shape index (κ3) is 5.98. The summed E-state index contributed by atoms with van der Waals surface area (Å²) in [7, 11) is 0. The Morgan fingerprint density at radius 3 is 2.64 bits per heavy atom. The third-order valence-corrected chi connectivity index (χ3v) is 7.36. The Labute approximate surface area is 228 Å². The van der Waals surface area contributed by atoms with Gasteiger partial charge in [-0.1, -0.05) is 49.4 Å². The maximum Gasteiger partial charge on any atom is 0.249 e. The van der Waals surface area contributed by atoms with Crippen LogP contribution in [0.1, 0.15) is 56.2 Å². The molecule has 1 fully saturated rings. The molecule has 3 heterocycles. The van der Waals surface area contributed by atoms with E-state index in [0.29, 0.717) is 35.8 Å². The topological polar surface area (TPSA) is 102 Å². The first-order valence-electron chi connectivity index (χ1n) is 13.5. The summed E-state index contributed by atoms with van der Waals surface area (Å²) in [5.74, 6) is -0.196. The Hall–Kier alpha value is -4.11. The molecule has 0 radical (unpaired) electrons. The van der Waals surface area contributed by atoms with Crippen molar-refractivity contribution in [3.63, 3.8) is 0 Å². The Morgan fingerprint density at radius 2 is 1.92 bits per heavy atom. The van der Waals surface area contributed by atoms with Crippen molar-refractivity contribution in [1.29, 1.82) is 0 Å². The van der Waals surface area contributed by atoms with Gasteiger partial charge in [0.05, 0.1) is 11.6 Å². The molecule has 39 heavy (non-hydrogen) atoms. The molecule has 2 aromatic heterocycles. The molecule has 0 spiro atoms. The molecule has 1 aliphatic heterocycles. The molecule has 9 heteroatoms. The van der Waals surface area contributed by atoms with Crippen molar-refractivity contribution in [3.8, 4) is 0 Å². The van der Waals surface area contributed by atoms with Crippen molar-refractivity contribution in [1.82, 2.24) is 25.3 Å². The number of fused-ring (bicyclic) bond motifs is 1. The number of carbonyl (C=O) groups excluding carboxylic acids is 2. The number of nitrogens with zero attached hydrogens (tertiary/aromatic N) is 5. The van der Waals surface area contributed by atoms with Crippen LogP contribution in [0.4, 0.5) is 5.69 Å². The number of para-hydroxylation sites is 1. The minimum Gasteiger partial charge on any atom is -0.376 e. The van der Waals surface area contributed by atoms with Crippen LogP contribution in [-0.4, -0.2) is 51.0 Å². The van der Waals surface area contributed by atoms with Crippen molar-refractivity contribution < 1.29 is 14.3 Å². The highest BCUT2D eigenvalue weighted by atomic mass is 16.5. The Bertz CT molecular complexity index is 1400. The van der Waals surface area contributed by atoms with Crippen LogP contribution in [-0.2, 0) is 20.9 Å². The fourth-order valence-corrected chi connectivity index (χ4v) is 4.95. The quantitative estimate of drug-likeness (QED) is 0.328. The monoisotopic (exact) mass is 526 g/mol. The van der Waals surface area contributed by atoms with E-state index >= 15 is 0 Å². The van der Waals surface area contributed by atoms with E-state index < -0.39 is 6.04 Å². The third-order valence-electron chi connectivity index (χ3n) is 7.36. The molecular formula is C30H34N6O3. The predicted molar refractivity (Wildman–Crippen MR) is 149 cm³/mol. The van der Waals surface area contributed by atoms with E-state index in [9.17, 15) is 9.59 Å². The Balaban J connectivity index is 1.52. The first-order chi connectivity index (χ1) is 19.0. The largest absolute Gasteiger partial charge is 0.376 e. The molecule has 0 unspecified atom stereocenters. The highest BCUT2D eigenvalue weighted by Crippen LogP contribution is 2.30. The van der Waals surface area contributed by atoms with E-state index in [4.69, 9.17) is 4.74 Å². The van der Waals surface area contributed by atoms with Gasteiger partial charge in [-0.15, -0.1) is 5.10 Å². The molecule has 1 aliphatic rings. The second-order valence-electron chi connectivity index (χ2n) is 9.97. The van der Waals surface area contributed by atoms with E-state index in [0.717, 1.165) is 24.8 Å². The van der Waals surface area contributed by atoms with Crippen LogP contribution in [0.3, 0.4) is 0 Å². The second-order valence-corrected chi connectivity index (χ2v) is 9.97. The highest BCUT2D eigenvalue weighted by molar-refractivity contribution is 6.01. The number of anilines is 1. The number of hydrogen-bond donors (Lipinski definition) is 1. The number of aromatic nitrogens is 4. The zero-order valence-corrected chi connectivity index (χ0v) is 22.4. The summed E-state index contributed by atoms with van der Waals surface area (Å²) < 4.78 is 7.28. The van der Waals surface area contributed by atoms with Crippen LogP contribution >= 0.6 is 0 Å². The van der Waals surface area contributed by atoms with E-state index in [-0.39, 0.29) is 24.5 Å². The normalized spacial score (nSPS) is 16.6. The van der Waals surface area contributed by atoms with Crippen molar-refractivity contribution in [2.75, 3.05) is 18.1 Å². The molecule has 0 bridgehead atoms. The maximum atomic E-state index is 14.1. The molecule has 5 rings (SSSR count). The highest BCUT2D eigenvalue weighted by Gasteiger charge is 2.34. The van der Waals surface area contributed by atoms with Gasteiger partial charge in [-0.25, -0.2) is 4.68 Å². The number of hydrogen-bond acceptors (Lipinski definition) is 6. The summed E-state index contributed by atoms with van der Waals surface area (Å²) in [6.07, 6.45) is 6.14. The number of nitrogens with one attached hydrogen (secondary N) is 1. The van der Waals surface area contributed by atoms with Gasteiger partial charge >= 0.3 is 0 Å². The van der Waals surface area contributed by atoms with Gasteiger partial charge in [-0.3, -0.25) is 19.5 Å². The first-order valence-corrected chi connectivity index (χ1v) is 13.5. The average Bonchev–Trinajstić information content (AvgIpc) is 3.65. The average molecular weight is 527 g/mol. The van der Waals surface area contributed by atoms with Crippen molar-refractivity contribution >= 4 is 28.5 Å². The number of benzene rings is 2. The molecule has 202 valence electrons. The molecule has 2 amide bonds. The summed E-state index contributed by atoms with van der Waals surface area (Å²) >= 11 is 0. The van der Waals surface area contributed by atoms with Crippen LogP contribution in [0.25, 0.3) is 11.0 Å². The lowest BCUT2D eigenvalue weighted by atomic mass is 9.98. The molecule has 3 atom stereocenters. The minimum absolute atomic E-state index is 0.0241. The van der Waals surface area contributed by atoms with Crippen LogP contribution < -0.4 is 10.2 Å². The molecular weight excluding hydrogens is 492 g/mol. The molecule has 9 nitrogen and oxygen atoms in total. The summed E-state index contributed by atoms with van der Waals surface area (Å²) in [6.45, 7) is 5.33. The number of rotatable bonds is 10. The molecule has 0 saturated carbocycles. The minimum atomic E-state index is -0.933. The molecule has 1 N–H and O–H groups in total. The van der Waals surface area contributed by atoms with Gasteiger partial charge in [0.25, 0.3) is 0 Å². The number of pyridine rings is 1. The van der Waals surface area contributed by atoms with Crippen molar-refractivity contribution in [2.24, 2.45) is 0 Å². The lowest BCUT2D eigenvalue weighted by Crippen LogP contribution is -2.46. The lowest BCUT2D eigenvalue weighted by molar-refractivity contribution is -0.127. The van der Waals surface area contributed by atoms with Crippen LogP contribution in [0.5, 0.6) is 0 Å². The van der Waals surface area contributed by atoms with E-state index in [2.05, 4.69) is 34.5 Å². The molecule has 2 aromatic carbocycles. The van der Waals surface area contributed by atoms with Gasteiger partial charge in [0.15, 0.2) is 0 Å². The zero-order chi connectivity index (χ0) is 27.2. The smallest absolute Gasteiger partial charge is 0.249 e. The van der Waals surface area contributed by atoms with Gasteiger partial charge in [0.2, 0.25) is 11.8 Å². The van der Waals surface area contributed by atoms with Gasteiger partial charge in [-0.05, 0) is 61.1 Å². The molecule has 0 aliphatic carbocycles. The van der Waals surface area contributed by atoms with Crippen LogP contribution in [0.15, 0.2) is 73.1 Å². The number of amides is 2. The van der Waals surface area contributed by atoms with E-state index in [1.54, 1.807) is 28.0 Å². The van der Waals surface area contributed by atoms with Gasteiger partial charge in [0, 0.05) is 36.8 Å². The van der Waals surface area contributed by atoms with E-state index in [1.165, 1.54) is 5.56 Å². The number of ether oxygens (including phenoxy) is 1. The standard InChI is InChI=1S/C30H34N6O3/c1-3-21(2)22-12-14-24(15-13-22)36(28(37)20-35-27-11-5-4-10-26(27)33-34-35)29(23-8-6-16-31-18-23)30(38)32-19-25-9-7-17-39-25/h4-6,8,10-16,18,21,25,29H,3,7,9,17,19-20H2,1-2H3,(H,32,38)/t21-,25+,29+/m0/s1. The van der Waals surface area contributed by atoms with Crippen molar-refractivity contribution in [3.05, 3.63) is 84.2 Å². The fraction of sp³-hybridized carbons (Fsp3) is 0.367. The first kappa shape index (κ1) is 26.5. The Morgan fingerprint density at radius 1 is 1.10 bits per heavy atom. The van der Waals surface area contributed by atoms with Crippen LogP contribution in [0, 0.1) is 0 Å². The number of carbonyl (C=O) groups is 2. The van der Waals surface area contributed by atoms with E-state index in [1.807, 2.05) is 54.6 Å². The SMILES string of the molecule is CC[C@H](C)c1ccc(N(C(=O)Cn2nnc3ccccc32)[C@@H](C(=O)NC[C@H]2CCCO2)c2cccnc2)cc1. The fourth-order valence-electron chi connectivity index (χ4n) is 4.95. The summed E-state index contributed by atoms with van der Waals surface area (Å²) in [4.78, 5) is 33.8. The predicted octanol–water partition coefficient (Wildman–Crippen LogP) is 4.41. The summed E-state index contributed by atoms with van der Waals surface area (Å²) in [5, 5.41) is 11.4. The van der Waals surface area contributed by atoms with Gasteiger partial charge in [0.1, 0.15) is 18.1 Å². The lowest BCUT2D eigenvalue weighted by Gasteiger charge is -2.32. The zero-order valence-electron chi connectivity index (χ0n) is 22.4. The second kappa shape index (κ2) is 12.2. The van der Waals surface area contributed by atoms with Crippen molar-refractivity contribution in [2.45, 2.75) is 57.7 Å². The van der Waals surface area contributed by atoms with Gasteiger partial charge in [-0.2, -0.15) is 0 Å². The molecule has 1 saturated heterocycles. The van der Waals surface area contributed by atoms with Crippen LogP contribution in [0.2, 0.25) is 0 Å². The Kier molecular flexibility index (Phi) is 8.27. The maximum absolute atomic E-state index is 14.1.